The van der Waals surface area contributed by atoms with Crippen molar-refractivity contribution in [3.8, 4) is 0 Å². The van der Waals surface area contributed by atoms with E-state index in [-0.39, 0.29) is 0 Å². The van der Waals surface area contributed by atoms with Crippen molar-refractivity contribution in [1.82, 2.24) is 9.80 Å². The zero-order valence-electron chi connectivity index (χ0n) is 11.4. The SMILES string of the molecule is CCC1CCC(C(=N)N2CCN(C)CC2)CC1. The molecule has 1 N–H and O–H groups in total. The third-order valence-corrected chi connectivity index (χ3v) is 4.65. The maximum Gasteiger partial charge on any atom is 0.0990 e. The molecule has 1 heterocycles. The van der Waals surface area contributed by atoms with Crippen LogP contribution in [0.3, 0.4) is 0 Å². The Morgan fingerprint density at radius 1 is 1.06 bits per heavy atom. The third-order valence-electron chi connectivity index (χ3n) is 4.65. The Hall–Kier alpha value is -0.570. The van der Waals surface area contributed by atoms with Crippen LogP contribution >= 0.6 is 0 Å². The monoisotopic (exact) mass is 237 g/mol. The zero-order valence-corrected chi connectivity index (χ0v) is 11.4. The lowest BCUT2D eigenvalue weighted by Gasteiger charge is -2.38. The molecule has 98 valence electrons. The summed E-state index contributed by atoms with van der Waals surface area (Å²) in [4.78, 5) is 4.68. The Morgan fingerprint density at radius 3 is 2.18 bits per heavy atom. The number of amidine groups is 1. The second-order valence-electron chi connectivity index (χ2n) is 5.80. The molecule has 1 saturated carbocycles. The van der Waals surface area contributed by atoms with Crippen LogP contribution in [0.5, 0.6) is 0 Å². The molecule has 0 aromatic heterocycles. The summed E-state index contributed by atoms with van der Waals surface area (Å²) in [5.74, 6) is 2.43. The molecule has 1 saturated heterocycles. The summed E-state index contributed by atoms with van der Waals surface area (Å²) in [7, 11) is 2.17. The number of piperazine rings is 1. The summed E-state index contributed by atoms with van der Waals surface area (Å²) in [6, 6.07) is 0. The highest BCUT2D eigenvalue weighted by Gasteiger charge is 2.27. The molecule has 0 bridgehead atoms. The molecule has 0 spiro atoms. The van der Waals surface area contributed by atoms with Crippen molar-refractivity contribution < 1.29 is 0 Å². The van der Waals surface area contributed by atoms with E-state index in [0.717, 1.165) is 37.9 Å². The van der Waals surface area contributed by atoms with E-state index in [4.69, 9.17) is 5.41 Å². The van der Waals surface area contributed by atoms with Crippen LogP contribution < -0.4 is 0 Å². The largest absolute Gasteiger partial charge is 0.358 e. The fourth-order valence-corrected chi connectivity index (χ4v) is 3.15. The molecule has 0 atom stereocenters. The average Bonchev–Trinajstić information content (AvgIpc) is 2.39. The molecule has 0 unspecified atom stereocenters. The van der Waals surface area contributed by atoms with Crippen LogP contribution in [-0.4, -0.2) is 48.9 Å². The number of nitrogens with zero attached hydrogens (tertiary/aromatic N) is 2. The quantitative estimate of drug-likeness (QED) is 0.590. The molecule has 17 heavy (non-hydrogen) atoms. The van der Waals surface area contributed by atoms with Crippen molar-refractivity contribution in [2.45, 2.75) is 39.0 Å². The lowest BCUT2D eigenvalue weighted by molar-refractivity contribution is 0.201. The second kappa shape index (κ2) is 5.85. The van der Waals surface area contributed by atoms with Crippen LogP contribution in [-0.2, 0) is 0 Å². The van der Waals surface area contributed by atoms with Crippen LogP contribution in [0.1, 0.15) is 39.0 Å². The molecule has 1 aliphatic heterocycles. The molecule has 3 nitrogen and oxygen atoms in total. The summed E-state index contributed by atoms with van der Waals surface area (Å²) in [5.41, 5.74) is 0. The molecule has 0 amide bonds. The first kappa shape index (κ1) is 12.9. The van der Waals surface area contributed by atoms with E-state index in [1.165, 1.54) is 32.1 Å². The average molecular weight is 237 g/mol. The molecular weight excluding hydrogens is 210 g/mol. The summed E-state index contributed by atoms with van der Waals surface area (Å²) >= 11 is 0. The Morgan fingerprint density at radius 2 is 1.65 bits per heavy atom. The van der Waals surface area contributed by atoms with Crippen LogP contribution in [0.15, 0.2) is 0 Å². The number of hydrogen-bond acceptors (Lipinski definition) is 2. The molecule has 0 radical (unpaired) electrons. The van der Waals surface area contributed by atoms with Gasteiger partial charge in [-0.15, -0.1) is 0 Å². The van der Waals surface area contributed by atoms with Gasteiger partial charge in [0.05, 0.1) is 5.84 Å². The van der Waals surface area contributed by atoms with Gasteiger partial charge in [0.2, 0.25) is 0 Å². The van der Waals surface area contributed by atoms with Crippen LogP contribution in [0, 0.1) is 17.2 Å². The first-order valence-electron chi connectivity index (χ1n) is 7.22. The standard InChI is InChI=1S/C14H27N3/c1-3-12-4-6-13(7-5-12)14(15)17-10-8-16(2)9-11-17/h12-13,15H,3-11H2,1-2H3. The third kappa shape index (κ3) is 3.21. The molecular formula is C14H27N3. The van der Waals surface area contributed by atoms with Gasteiger partial charge in [-0.1, -0.05) is 13.3 Å². The van der Waals surface area contributed by atoms with Crippen molar-refractivity contribution in [1.29, 1.82) is 5.41 Å². The Kier molecular flexibility index (Phi) is 4.43. The highest BCUT2D eigenvalue weighted by molar-refractivity contribution is 5.81. The summed E-state index contributed by atoms with van der Waals surface area (Å²) in [6.45, 7) is 6.65. The highest BCUT2D eigenvalue weighted by Crippen LogP contribution is 2.31. The van der Waals surface area contributed by atoms with Gasteiger partial charge in [0, 0.05) is 32.1 Å². The Balaban J connectivity index is 1.80. The predicted molar refractivity (Wildman–Crippen MR) is 72.5 cm³/mol. The highest BCUT2D eigenvalue weighted by atomic mass is 15.3. The molecule has 2 rings (SSSR count). The van der Waals surface area contributed by atoms with Crippen LogP contribution in [0.2, 0.25) is 0 Å². The fraction of sp³-hybridized carbons (Fsp3) is 0.929. The van der Waals surface area contributed by atoms with E-state index in [0.29, 0.717) is 5.92 Å². The van der Waals surface area contributed by atoms with E-state index in [1.807, 2.05) is 0 Å². The van der Waals surface area contributed by atoms with Gasteiger partial charge in [-0.3, -0.25) is 5.41 Å². The molecule has 3 heteroatoms. The molecule has 2 aliphatic rings. The lowest BCUT2D eigenvalue weighted by Crippen LogP contribution is -2.49. The molecule has 1 aliphatic carbocycles. The first-order chi connectivity index (χ1) is 8.20. The van der Waals surface area contributed by atoms with E-state index in [1.54, 1.807) is 0 Å². The van der Waals surface area contributed by atoms with Gasteiger partial charge in [-0.25, -0.2) is 0 Å². The predicted octanol–water partition coefficient (Wildman–Crippen LogP) is 2.43. The molecule has 2 fully saturated rings. The summed E-state index contributed by atoms with van der Waals surface area (Å²) in [5, 5.41) is 8.37. The smallest absolute Gasteiger partial charge is 0.0990 e. The van der Waals surface area contributed by atoms with Gasteiger partial charge < -0.3 is 9.80 Å². The summed E-state index contributed by atoms with van der Waals surface area (Å²) in [6.07, 6.45) is 6.52. The zero-order chi connectivity index (χ0) is 12.3. The van der Waals surface area contributed by atoms with Gasteiger partial charge in [-0.2, -0.15) is 0 Å². The minimum atomic E-state index is 0.557. The fourth-order valence-electron chi connectivity index (χ4n) is 3.15. The van der Waals surface area contributed by atoms with E-state index in [9.17, 15) is 0 Å². The van der Waals surface area contributed by atoms with Gasteiger partial charge in [-0.05, 0) is 38.6 Å². The lowest BCUT2D eigenvalue weighted by atomic mass is 9.80. The van der Waals surface area contributed by atoms with Crippen LogP contribution in [0.25, 0.3) is 0 Å². The van der Waals surface area contributed by atoms with E-state index < -0.39 is 0 Å². The normalized spacial score (nSPS) is 31.5. The number of rotatable bonds is 2. The van der Waals surface area contributed by atoms with Gasteiger partial charge in [0.1, 0.15) is 0 Å². The maximum atomic E-state index is 8.37. The minimum absolute atomic E-state index is 0.557. The number of likely N-dealkylation sites (N-methyl/N-ethyl adjacent to an activating group) is 1. The maximum absolute atomic E-state index is 8.37. The van der Waals surface area contributed by atoms with Crippen molar-refractivity contribution in [2.75, 3.05) is 33.2 Å². The van der Waals surface area contributed by atoms with Crippen molar-refractivity contribution in [3.05, 3.63) is 0 Å². The molecule has 0 aromatic rings. The number of nitrogens with one attached hydrogen (secondary N) is 1. The van der Waals surface area contributed by atoms with Crippen molar-refractivity contribution >= 4 is 5.84 Å². The Labute approximate surface area is 106 Å². The minimum Gasteiger partial charge on any atom is -0.358 e. The van der Waals surface area contributed by atoms with Crippen molar-refractivity contribution in [3.63, 3.8) is 0 Å². The molecule has 0 aromatic carbocycles. The Bertz CT molecular complexity index is 248. The summed E-state index contributed by atoms with van der Waals surface area (Å²) < 4.78 is 0. The van der Waals surface area contributed by atoms with Gasteiger partial charge in [0.25, 0.3) is 0 Å². The topological polar surface area (TPSA) is 30.3 Å². The van der Waals surface area contributed by atoms with Crippen LogP contribution in [0.4, 0.5) is 0 Å². The van der Waals surface area contributed by atoms with E-state index in [2.05, 4.69) is 23.8 Å². The van der Waals surface area contributed by atoms with Crippen molar-refractivity contribution in [2.24, 2.45) is 11.8 Å². The second-order valence-corrected chi connectivity index (χ2v) is 5.80. The van der Waals surface area contributed by atoms with Gasteiger partial charge >= 0.3 is 0 Å². The van der Waals surface area contributed by atoms with Gasteiger partial charge in [0.15, 0.2) is 0 Å². The first-order valence-corrected chi connectivity index (χ1v) is 7.22. The van der Waals surface area contributed by atoms with E-state index >= 15 is 0 Å². The number of hydrogen-bond donors (Lipinski definition) is 1.